The Labute approximate surface area is 142 Å². The van der Waals surface area contributed by atoms with Crippen LogP contribution in [0.4, 0.5) is 0 Å². The molecule has 0 bridgehead atoms. The minimum absolute atomic E-state index is 0.119. The van der Waals surface area contributed by atoms with Crippen LogP contribution in [0.1, 0.15) is 36.0 Å². The molecule has 2 aliphatic heterocycles. The normalized spacial score (nSPS) is 20.4. The SMILES string of the molecule is O=C(c1ccc2nccnc2c1)N1CCC(C2CCOCC2)CC1. The third kappa shape index (κ3) is 3.13. The zero-order valence-corrected chi connectivity index (χ0v) is 13.9. The van der Waals surface area contributed by atoms with Gasteiger partial charge < -0.3 is 9.64 Å². The lowest BCUT2D eigenvalue weighted by Gasteiger charge is -2.37. The summed E-state index contributed by atoms with van der Waals surface area (Å²) in [6, 6.07) is 5.60. The summed E-state index contributed by atoms with van der Waals surface area (Å²) in [5, 5.41) is 0. The molecule has 2 aromatic rings. The molecule has 0 spiro atoms. The van der Waals surface area contributed by atoms with Crippen molar-refractivity contribution in [2.45, 2.75) is 25.7 Å². The number of amides is 1. The maximum Gasteiger partial charge on any atom is 0.253 e. The van der Waals surface area contributed by atoms with Crippen LogP contribution < -0.4 is 0 Å². The molecule has 0 atom stereocenters. The quantitative estimate of drug-likeness (QED) is 0.852. The number of rotatable bonds is 2. The molecule has 0 radical (unpaired) electrons. The molecule has 0 unspecified atom stereocenters. The van der Waals surface area contributed by atoms with Crippen LogP contribution in [-0.4, -0.2) is 47.1 Å². The number of hydrogen-bond donors (Lipinski definition) is 0. The first-order valence-electron chi connectivity index (χ1n) is 8.89. The highest BCUT2D eigenvalue weighted by molar-refractivity contribution is 5.97. The summed E-state index contributed by atoms with van der Waals surface area (Å²) < 4.78 is 5.47. The lowest BCUT2D eigenvalue weighted by molar-refractivity contribution is 0.0288. The smallest absolute Gasteiger partial charge is 0.253 e. The zero-order chi connectivity index (χ0) is 16.4. The van der Waals surface area contributed by atoms with E-state index >= 15 is 0 Å². The maximum absolute atomic E-state index is 12.8. The first-order valence-corrected chi connectivity index (χ1v) is 8.89. The van der Waals surface area contributed by atoms with Gasteiger partial charge in [0.15, 0.2) is 0 Å². The minimum atomic E-state index is 0.119. The van der Waals surface area contributed by atoms with Crippen molar-refractivity contribution in [3.63, 3.8) is 0 Å². The molecule has 126 valence electrons. The molecule has 5 heteroatoms. The standard InChI is InChI=1S/C19H23N3O2/c23-19(16-1-2-17-18(13-16)21-8-7-20-17)22-9-3-14(4-10-22)15-5-11-24-12-6-15/h1-2,7-8,13-15H,3-6,9-12H2. The van der Waals surface area contributed by atoms with Gasteiger partial charge >= 0.3 is 0 Å². The van der Waals surface area contributed by atoms with E-state index in [1.54, 1.807) is 12.4 Å². The Bertz CT molecular complexity index is 719. The van der Waals surface area contributed by atoms with E-state index in [0.717, 1.165) is 62.0 Å². The molecule has 0 aliphatic carbocycles. The van der Waals surface area contributed by atoms with Crippen LogP contribution in [0, 0.1) is 11.8 Å². The summed E-state index contributed by atoms with van der Waals surface area (Å²) in [4.78, 5) is 23.3. The van der Waals surface area contributed by atoms with E-state index < -0.39 is 0 Å². The first-order chi connectivity index (χ1) is 11.8. The van der Waals surface area contributed by atoms with Gasteiger partial charge in [0.05, 0.1) is 11.0 Å². The molecular weight excluding hydrogens is 302 g/mol. The number of piperidine rings is 1. The van der Waals surface area contributed by atoms with Crippen LogP contribution in [-0.2, 0) is 4.74 Å². The monoisotopic (exact) mass is 325 g/mol. The second-order valence-electron chi connectivity index (χ2n) is 6.84. The molecular formula is C19H23N3O2. The molecule has 0 saturated carbocycles. The minimum Gasteiger partial charge on any atom is -0.381 e. The van der Waals surface area contributed by atoms with Crippen LogP contribution >= 0.6 is 0 Å². The number of ether oxygens (including phenoxy) is 1. The zero-order valence-electron chi connectivity index (χ0n) is 13.9. The van der Waals surface area contributed by atoms with Crippen molar-refractivity contribution in [3.05, 3.63) is 36.2 Å². The van der Waals surface area contributed by atoms with Crippen LogP contribution in [0.2, 0.25) is 0 Å². The predicted octanol–water partition coefficient (Wildman–Crippen LogP) is 2.91. The lowest BCUT2D eigenvalue weighted by atomic mass is 9.80. The number of fused-ring (bicyclic) bond motifs is 1. The average molecular weight is 325 g/mol. The molecule has 24 heavy (non-hydrogen) atoms. The molecule has 1 aromatic heterocycles. The number of hydrogen-bond acceptors (Lipinski definition) is 4. The highest BCUT2D eigenvalue weighted by Gasteiger charge is 2.29. The van der Waals surface area contributed by atoms with Gasteiger partial charge in [0, 0.05) is 44.3 Å². The van der Waals surface area contributed by atoms with Crippen molar-refractivity contribution in [2.24, 2.45) is 11.8 Å². The number of carbonyl (C=O) groups excluding carboxylic acids is 1. The van der Waals surface area contributed by atoms with Gasteiger partial charge in [-0.2, -0.15) is 0 Å². The van der Waals surface area contributed by atoms with Gasteiger partial charge in [-0.25, -0.2) is 0 Å². The predicted molar refractivity (Wildman–Crippen MR) is 91.7 cm³/mol. The summed E-state index contributed by atoms with van der Waals surface area (Å²) in [6.07, 6.45) is 7.93. The second kappa shape index (κ2) is 6.85. The average Bonchev–Trinajstić information content (AvgIpc) is 2.68. The fourth-order valence-electron chi connectivity index (χ4n) is 4.04. The lowest BCUT2D eigenvalue weighted by Crippen LogP contribution is -2.40. The Kier molecular flexibility index (Phi) is 4.43. The van der Waals surface area contributed by atoms with Gasteiger partial charge in [-0.3, -0.25) is 14.8 Å². The highest BCUT2D eigenvalue weighted by Crippen LogP contribution is 2.32. The fraction of sp³-hybridized carbons (Fsp3) is 0.526. The van der Waals surface area contributed by atoms with Crippen LogP contribution in [0.3, 0.4) is 0 Å². The van der Waals surface area contributed by atoms with Gasteiger partial charge in [-0.1, -0.05) is 0 Å². The fourth-order valence-corrected chi connectivity index (χ4v) is 4.04. The van der Waals surface area contributed by atoms with Gasteiger partial charge in [-0.05, 0) is 55.7 Å². The molecule has 0 N–H and O–H groups in total. The van der Waals surface area contributed by atoms with Gasteiger partial charge in [0.1, 0.15) is 0 Å². The third-order valence-corrected chi connectivity index (χ3v) is 5.48. The molecule has 1 amide bonds. The molecule has 2 saturated heterocycles. The third-order valence-electron chi connectivity index (χ3n) is 5.48. The summed E-state index contributed by atoms with van der Waals surface area (Å²) in [6.45, 7) is 3.53. The van der Waals surface area contributed by atoms with E-state index in [4.69, 9.17) is 4.74 Å². The Morgan fingerprint density at radius 3 is 2.38 bits per heavy atom. The van der Waals surface area contributed by atoms with Crippen molar-refractivity contribution in [1.29, 1.82) is 0 Å². The van der Waals surface area contributed by atoms with E-state index in [1.807, 2.05) is 23.1 Å². The summed E-state index contributed by atoms with van der Waals surface area (Å²) in [7, 11) is 0. The van der Waals surface area contributed by atoms with Crippen molar-refractivity contribution in [1.82, 2.24) is 14.9 Å². The van der Waals surface area contributed by atoms with Crippen molar-refractivity contribution in [3.8, 4) is 0 Å². The Morgan fingerprint density at radius 1 is 0.958 bits per heavy atom. The van der Waals surface area contributed by atoms with Crippen LogP contribution in [0.5, 0.6) is 0 Å². The molecule has 2 aliphatic rings. The number of carbonyl (C=O) groups is 1. The number of likely N-dealkylation sites (tertiary alicyclic amines) is 1. The maximum atomic E-state index is 12.8. The summed E-state index contributed by atoms with van der Waals surface area (Å²) >= 11 is 0. The van der Waals surface area contributed by atoms with Gasteiger partial charge in [0.25, 0.3) is 5.91 Å². The summed E-state index contributed by atoms with van der Waals surface area (Å²) in [5.41, 5.74) is 2.32. The Balaban J connectivity index is 1.41. The number of nitrogens with zero attached hydrogens (tertiary/aromatic N) is 3. The van der Waals surface area contributed by atoms with E-state index in [0.29, 0.717) is 5.56 Å². The number of aromatic nitrogens is 2. The van der Waals surface area contributed by atoms with E-state index in [9.17, 15) is 4.79 Å². The van der Waals surface area contributed by atoms with E-state index in [1.165, 1.54) is 12.8 Å². The molecule has 4 rings (SSSR count). The van der Waals surface area contributed by atoms with Gasteiger partial charge in [0.2, 0.25) is 0 Å². The summed E-state index contributed by atoms with van der Waals surface area (Å²) in [5.74, 6) is 1.65. The highest BCUT2D eigenvalue weighted by atomic mass is 16.5. The van der Waals surface area contributed by atoms with Crippen molar-refractivity contribution >= 4 is 16.9 Å². The Morgan fingerprint density at radius 2 is 1.62 bits per heavy atom. The number of benzene rings is 1. The first kappa shape index (κ1) is 15.5. The second-order valence-corrected chi connectivity index (χ2v) is 6.84. The van der Waals surface area contributed by atoms with Crippen molar-refractivity contribution in [2.75, 3.05) is 26.3 Å². The van der Waals surface area contributed by atoms with E-state index in [-0.39, 0.29) is 5.91 Å². The largest absolute Gasteiger partial charge is 0.381 e. The molecule has 5 nitrogen and oxygen atoms in total. The topological polar surface area (TPSA) is 55.3 Å². The molecule has 2 fully saturated rings. The van der Waals surface area contributed by atoms with Crippen molar-refractivity contribution < 1.29 is 9.53 Å². The molecule has 1 aromatic carbocycles. The van der Waals surface area contributed by atoms with Gasteiger partial charge in [-0.15, -0.1) is 0 Å². The molecule has 3 heterocycles. The van der Waals surface area contributed by atoms with Crippen LogP contribution in [0.25, 0.3) is 11.0 Å². The van der Waals surface area contributed by atoms with E-state index in [2.05, 4.69) is 9.97 Å². The Hall–Kier alpha value is -2.01. The van der Waals surface area contributed by atoms with Crippen LogP contribution in [0.15, 0.2) is 30.6 Å².